The average molecular weight is 299 g/mol. The maximum Gasteiger partial charge on any atom is 0.169 e. The number of aromatic nitrogens is 2. The average Bonchev–Trinajstić information content (AvgIpc) is 2.82. The van der Waals surface area contributed by atoms with Crippen LogP contribution in [0.2, 0.25) is 0 Å². The summed E-state index contributed by atoms with van der Waals surface area (Å²) in [5.41, 5.74) is 4.87. The zero-order valence-corrected chi connectivity index (χ0v) is 11.4. The van der Waals surface area contributed by atoms with Crippen molar-refractivity contribution in [3.63, 3.8) is 0 Å². The van der Waals surface area contributed by atoms with E-state index in [1.807, 2.05) is 36.9 Å². The molecular weight excluding hydrogens is 284 g/mol. The van der Waals surface area contributed by atoms with Crippen molar-refractivity contribution in [2.45, 2.75) is 19.4 Å². The number of rotatable bonds is 4. The molecule has 2 aromatic heterocycles. The second-order valence-corrected chi connectivity index (χ2v) is 4.75. The molecule has 0 aliphatic carbocycles. The van der Waals surface area contributed by atoms with Crippen LogP contribution in [0.25, 0.3) is 0 Å². The van der Waals surface area contributed by atoms with E-state index < -0.39 is 0 Å². The number of aryl methyl sites for hydroxylation is 2. The molecule has 0 amide bonds. The molecule has 0 aliphatic rings. The number of nitrogens with two attached hydrogens (primary N) is 1. The Morgan fingerprint density at radius 3 is 2.82 bits per heavy atom. The first-order valence-electron chi connectivity index (χ1n) is 5.31. The highest BCUT2D eigenvalue weighted by Gasteiger charge is 2.16. The molecule has 0 saturated carbocycles. The molecule has 17 heavy (non-hydrogen) atoms. The van der Waals surface area contributed by atoms with Crippen molar-refractivity contribution >= 4 is 15.9 Å². The van der Waals surface area contributed by atoms with Gasteiger partial charge in [0, 0.05) is 19.2 Å². The van der Waals surface area contributed by atoms with Gasteiger partial charge in [-0.1, -0.05) is 0 Å². The molecular formula is C11H15BrN4O. The van der Waals surface area contributed by atoms with Crippen LogP contribution in [0, 0.1) is 6.92 Å². The van der Waals surface area contributed by atoms with Gasteiger partial charge in [0.05, 0.1) is 11.7 Å². The Bertz CT molecular complexity index is 505. The van der Waals surface area contributed by atoms with Gasteiger partial charge in [-0.15, -0.1) is 0 Å². The minimum atomic E-state index is -0.0592. The topological polar surface area (TPSA) is 69.0 Å². The monoisotopic (exact) mass is 298 g/mol. The van der Waals surface area contributed by atoms with Gasteiger partial charge in [-0.25, -0.2) is 5.43 Å². The summed E-state index contributed by atoms with van der Waals surface area (Å²) >= 11 is 3.28. The molecule has 6 heteroatoms. The number of hydrogen-bond donors (Lipinski definition) is 2. The molecule has 3 N–H and O–H groups in total. The normalized spacial score (nSPS) is 12.9. The number of furan rings is 1. The summed E-state index contributed by atoms with van der Waals surface area (Å²) in [7, 11) is 1.92. The first-order valence-corrected chi connectivity index (χ1v) is 6.10. The molecule has 5 nitrogen and oxygen atoms in total. The highest BCUT2D eigenvalue weighted by molar-refractivity contribution is 9.10. The zero-order chi connectivity index (χ0) is 12.4. The maximum absolute atomic E-state index is 5.56. The zero-order valence-electron chi connectivity index (χ0n) is 9.77. The number of halogens is 1. The molecule has 92 valence electrons. The standard InChI is InChI=1S/C11H15BrN4O/c1-7-5-8(16(2)15-7)6-9(14-13)10-3-4-11(12)17-10/h3-5,9,14H,6,13H2,1-2H3. The van der Waals surface area contributed by atoms with Crippen LogP contribution in [0.4, 0.5) is 0 Å². The first kappa shape index (κ1) is 12.3. The summed E-state index contributed by atoms with van der Waals surface area (Å²) in [4.78, 5) is 0. The van der Waals surface area contributed by atoms with Crippen LogP contribution in [0.15, 0.2) is 27.3 Å². The lowest BCUT2D eigenvalue weighted by Crippen LogP contribution is -2.29. The molecule has 0 radical (unpaired) electrons. The molecule has 0 aromatic carbocycles. The Morgan fingerprint density at radius 2 is 2.35 bits per heavy atom. The second-order valence-electron chi connectivity index (χ2n) is 3.97. The molecule has 1 atom stereocenters. The van der Waals surface area contributed by atoms with Crippen molar-refractivity contribution in [1.29, 1.82) is 0 Å². The SMILES string of the molecule is Cc1cc(CC(NN)c2ccc(Br)o2)n(C)n1. The van der Waals surface area contributed by atoms with Gasteiger partial charge in [-0.3, -0.25) is 10.5 Å². The van der Waals surface area contributed by atoms with E-state index in [1.54, 1.807) is 0 Å². The van der Waals surface area contributed by atoms with E-state index in [-0.39, 0.29) is 6.04 Å². The fourth-order valence-electron chi connectivity index (χ4n) is 1.82. The molecule has 0 aliphatic heterocycles. The summed E-state index contributed by atoms with van der Waals surface area (Å²) in [6.45, 7) is 1.97. The quantitative estimate of drug-likeness (QED) is 0.667. The van der Waals surface area contributed by atoms with E-state index in [1.165, 1.54) is 0 Å². The lowest BCUT2D eigenvalue weighted by Gasteiger charge is -2.13. The lowest BCUT2D eigenvalue weighted by molar-refractivity contribution is 0.399. The Hall–Kier alpha value is -1.11. The van der Waals surface area contributed by atoms with Crippen LogP contribution >= 0.6 is 15.9 Å². The summed E-state index contributed by atoms with van der Waals surface area (Å²) in [5.74, 6) is 6.37. The van der Waals surface area contributed by atoms with Crippen molar-refractivity contribution in [1.82, 2.24) is 15.2 Å². The van der Waals surface area contributed by atoms with Crippen LogP contribution in [-0.2, 0) is 13.5 Å². The van der Waals surface area contributed by atoms with Gasteiger partial charge in [0.1, 0.15) is 5.76 Å². The number of nitrogens with zero attached hydrogens (tertiary/aromatic N) is 2. The molecule has 2 rings (SSSR count). The predicted octanol–water partition coefficient (Wildman–Crippen LogP) is 1.83. The van der Waals surface area contributed by atoms with E-state index in [0.29, 0.717) is 4.67 Å². The van der Waals surface area contributed by atoms with Crippen molar-refractivity contribution in [3.05, 3.63) is 40.0 Å². The van der Waals surface area contributed by atoms with Crippen molar-refractivity contribution in [2.24, 2.45) is 12.9 Å². The molecule has 0 spiro atoms. The van der Waals surface area contributed by atoms with E-state index in [9.17, 15) is 0 Å². The Morgan fingerprint density at radius 1 is 1.59 bits per heavy atom. The van der Waals surface area contributed by atoms with E-state index in [4.69, 9.17) is 10.3 Å². The molecule has 2 aromatic rings. The summed E-state index contributed by atoms with van der Waals surface area (Å²) in [6, 6.07) is 5.74. The second kappa shape index (κ2) is 5.03. The van der Waals surface area contributed by atoms with E-state index in [2.05, 4.69) is 26.5 Å². The number of hydrogen-bond acceptors (Lipinski definition) is 4. The van der Waals surface area contributed by atoms with Crippen molar-refractivity contribution < 1.29 is 4.42 Å². The van der Waals surface area contributed by atoms with Crippen molar-refractivity contribution in [3.8, 4) is 0 Å². The third-order valence-corrected chi connectivity index (χ3v) is 3.08. The summed E-state index contributed by atoms with van der Waals surface area (Å²) < 4.78 is 8.06. The van der Waals surface area contributed by atoms with Crippen molar-refractivity contribution in [2.75, 3.05) is 0 Å². The van der Waals surface area contributed by atoms with Crippen LogP contribution in [-0.4, -0.2) is 9.78 Å². The number of nitrogens with one attached hydrogen (secondary N) is 1. The lowest BCUT2D eigenvalue weighted by atomic mass is 10.1. The molecule has 2 heterocycles. The molecule has 0 saturated heterocycles. The van der Waals surface area contributed by atoms with Crippen LogP contribution < -0.4 is 11.3 Å². The highest BCUT2D eigenvalue weighted by atomic mass is 79.9. The highest BCUT2D eigenvalue weighted by Crippen LogP contribution is 2.23. The fraction of sp³-hybridized carbons (Fsp3) is 0.364. The third kappa shape index (κ3) is 2.77. The van der Waals surface area contributed by atoms with Gasteiger partial charge in [0.2, 0.25) is 0 Å². The Labute approximate surface area is 108 Å². The minimum absolute atomic E-state index is 0.0592. The Kier molecular flexibility index (Phi) is 3.66. The van der Waals surface area contributed by atoms with Gasteiger partial charge in [-0.2, -0.15) is 5.10 Å². The largest absolute Gasteiger partial charge is 0.453 e. The van der Waals surface area contributed by atoms with Gasteiger partial charge in [0.15, 0.2) is 4.67 Å². The molecule has 1 unspecified atom stereocenters. The van der Waals surface area contributed by atoms with Gasteiger partial charge < -0.3 is 4.42 Å². The molecule has 0 fully saturated rings. The Balaban J connectivity index is 2.18. The first-order chi connectivity index (χ1) is 8.10. The van der Waals surface area contributed by atoms with Gasteiger partial charge in [-0.05, 0) is 41.1 Å². The summed E-state index contributed by atoms with van der Waals surface area (Å²) in [6.07, 6.45) is 0.730. The van der Waals surface area contributed by atoms with Crippen LogP contribution in [0.5, 0.6) is 0 Å². The smallest absolute Gasteiger partial charge is 0.169 e. The van der Waals surface area contributed by atoms with Crippen LogP contribution in [0.1, 0.15) is 23.2 Å². The molecule has 0 bridgehead atoms. The van der Waals surface area contributed by atoms with Gasteiger partial charge in [0.25, 0.3) is 0 Å². The summed E-state index contributed by atoms with van der Waals surface area (Å²) in [5, 5.41) is 4.31. The number of hydrazine groups is 1. The van der Waals surface area contributed by atoms with Gasteiger partial charge >= 0.3 is 0 Å². The van der Waals surface area contributed by atoms with E-state index >= 15 is 0 Å². The maximum atomic E-state index is 5.56. The fourth-order valence-corrected chi connectivity index (χ4v) is 2.14. The minimum Gasteiger partial charge on any atom is -0.453 e. The predicted molar refractivity (Wildman–Crippen MR) is 68.1 cm³/mol. The van der Waals surface area contributed by atoms with E-state index in [0.717, 1.165) is 23.6 Å². The third-order valence-electron chi connectivity index (χ3n) is 2.65. The van der Waals surface area contributed by atoms with Crippen LogP contribution in [0.3, 0.4) is 0 Å².